The van der Waals surface area contributed by atoms with Crippen LogP contribution in [0.2, 0.25) is 0 Å². The Morgan fingerprint density at radius 3 is 1.30 bits per heavy atom. The van der Waals surface area contributed by atoms with E-state index in [1.807, 2.05) is 0 Å². The number of hydrogen-bond donors (Lipinski definition) is 2. The van der Waals surface area contributed by atoms with Crippen LogP contribution in [0.4, 0.5) is 11.4 Å². The molecule has 0 saturated carbocycles. The van der Waals surface area contributed by atoms with E-state index in [-0.39, 0.29) is 56.7 Å². The Labute approximate surface area is 358 Å². The maximum atomic E-state index is 14.1. The maximum Gasteiger partial charge on any atom is 0.265 e. The second kappa shape index (κ2) is 14.3. The topological polar surface area (TPSA) is 215 Å². The number of pyridine rings is 2. The van der Waals surface area contributed by atoms with Crippen LogP contribution < -0.4 is 41.5 Å². The average molecular weight is 853 g/mol. The first-order valence-corrected chi connectivity index (χ1v) is 20.9. The number of nitrogens with two attached hydrogens (primary N) is 2. The molecule has 0 radical (unpaired) electrons. The van der Waals surface area contributed by atoms with Crippen LogP contribution in [-0.2, 0) is 9.84 Å². The summed E-state index contributed by atoms with van der Waals surface area (Å²) < 4.78 is 52.6. The first kappa shape index (κ1) is 38.7. The standard InChI is InChI=1S/C48H32N6O8S/c1-25-15-29-17-35(27-3-13-39-41(19-27)61-23-59-39)37(21-49)45(51)43(29)47(55)53(25)31-5-9-33(10-6-31)63(57,58)34-11-7-32(8-12-34)54-26(2)16-30-18-36(38(22-50)46(52)44(30)48(54)56)28-4-14-40-42(20-28)62-24-60-40/h3-20H,23-24,51-52H2,1-2H3. The van der Waals surface area contributed by atoms with Gasteiger partial charge in [0.1, 0.15) is 12.1 Å². The molecule has 10 rings (SSSR count). The number of nitriles is 2. The van der Waals surface area contributed by atoms with Crippen molar-refractivity contribution in [2.24, 2.45) is 0 Å². The number of aryl methyl sites for hydroxylation is 2. The fourth-order valence-corrected chi connectivity index (χ4v) is 9.69. The van der Waals surface area contributed by atoms with E-state index in [0.717, 1.165) is 0 Å². The smallest absolute Gasteiger partial charge is 0.265 e. The lowest BCUT2D eigenvalue weighted by Gasteiger charge is -2.16. The van der Waals surface area contributed by atoms with Crippen molar-refractivity contribution in [1.82, 2.24) is 9.13 Å². The minimum atomic E-state index is -4.07. The quantitative estimate of drug-likeness (QED) is 0.156. The van der Waals surface area contributed by atoms with Crippen molar-refractivity contribution < 1.29 is 27.4 Å². The third-order valence-corrected chi connectivity index (χ3v) is 13.2. The van der Waals surface area contributed by atoms with Crippen molar-refractivity contribution in [2.75, 3.05) is 25.1 Å². The minimum Gasteiger partial charge on any atom is -0.454 e. The van der Waals surface area contributed by atoms with Crippen LogP contribution in [-0.4, -0.2) is 31.1 Å². The second-order valence-electron chi connectivity index (χ2n) is 15.1. The summed E-state index contributed by atoms with van der Waals surface area (Å²) in [5.41, 5.74) is 16.8. The van der Waals surface area contributed by atoms with Gasteiger partial charge in [-0.1, -0.05) is 12.1 Å². The second-order valence-corrected chi connectivity index (χ2v) is 17.0. The van der Waals surface area contributed by atoms with Gasteiger partial charge in [-0.15, -0.1) is 0 Å². The lowest BCUT2D eigenvalue weighted by molar-refractivity contribution is 0.173. The lowest BCUT2D eigenvalue weighted by atomic mass is 9.94. The molecule has 8 aromatic rings. The van der Waals surface area contributed by atoms with Crippen LogP contribution >= 0.6 is 0 Å². The van der Waals surface area contributed by atoms with E-state index in [4.69, 9.17) is 30.4 Å². The normalized spacial score (nSPS) is 12.7. The molecule has 63 heavy (non-hydrogen) atoms. The zero-order valence-corrected chi connectivity index (χ0v) is 34.2. The first-order valence-electron chi connectivity index (χ1n) is 19.4. The van der Waals surface area contributed by atoms with Gasteiger partial charge in [-0.2, -0.15) is 10.5 Å². The molecule has 15 heteroatoms. The van der Waals surface area contributed by atoms with E-state index in [1.54, 1.807) is 74.5 Å². The molecule has 0 aliphatic carbocycles. The van der Waals surface area contributed by atoms with Crippen LogP contribution in [0, 0.1) is 36.5 Å². The Kier molecular flexibility index (Phi) is 8.77. The third-order valence-electron chi connectivity index (χ3n) is 11.5. The molecule has 0 unspecified atom stereocenters. The van der Waals surface area contributed by atoms with Gasteiger partial charge in [0, 0.05) is 33.9 Å². The predicted molar refractivity (Wildman–Crippen MR) is 235 cm³/mol. The van der Waals surface area contributed by atoms with Crippen LogP contribution in [0.3, 0.4) is 0 Å². The van der Waals surface area contributed by atoms with Crippen molar-refractivity contribution in [3.63, 3.8) is 0 Å². The van der Waals surface area contributed by atoms with E-state index in [0.29, 0.717) is 78.8 Å². The highest BCUT2D eigenvalue weighted by molar-refractivity contribution is 7.91. The van der Waals surface area contributed by atoms with Gasteiger partial charge in [-0.05, 0) is 133 Å². The molecule has 6 aromatic carbocycles. The van der Waals surface area contributed by atoms with Gasteiger partial charge in [-0.25, -0.2) is 8.42 Å². The van der Waals surface area contributed by atoms with Gasteiger partial charge >= 0.3 is 0 Å². The minimum absolute atomic E-state index is 0.0207. The number of nitrogens with zero attached hydrogens (tertiary/aromatic N) is 4. The largest absolute Gasteiger partial charge is 0.454 e. The number of sulfone groups is 1. The number of ether oxygens (including phenoxy) is 4. The highest BCUT2D eigenvalue weighted by Gasteiger charge is 2.24. The van der Waals surface area contributed by atoms with Gasteiger partial charge in [0.25, 0.3) is 11.1 Å². The number of nitrogen functional groups attached to an aromatic ring is 2. The summed E-state index contributed by atoms with van der Waals surface area (Å²) >= 11 is 0. The molecular weight excluding hydrogens is 821 g/mol. The summed E-state index contributed by atoms with van der Waals surface area (Å²) in [6, 6.07) is 33.7. The number of benzene rings is 6. The van der Waals surface area contributed by atoms with Crippen LogP contribution in [0.15, 0.2) is 129 Å². The summed E-state index contributed by atoms with van der Waals surface area (Å²) in [5, 5.41) is 21.7. The molecule has 0 fully saturated rings. The van der Waals surface area contributed by atoms with Crippen molar-refractivity contribution in [3.8, 4) is 68.8 Å². The van der Waals surface area contributed by atoms with Gasteiger partial charge < -0.3 is 30.4 Å². The third kappa shape index (κ3) is 6.01. The molecule has 2 aliphatic rings. The monoisotopic (exact) mass is 852 g/mol. The lowest BCUT2D eigenvalue weighted by Crippen LogP contribution is -2.22. The average Bonchev–Trinajstić information content (AvgIpc) is 3.96. The number of aromatic nitrogens is 2. The molecule has 14 nitrogen and oxygen atoms in total. The molecule has 4 heterocycles. The number of rotatable bonds is 6. The Morgan fingerprint density at radius 1 is 0.540 bits per heavy atom. The van der Waals surface area contributed by atoms with Crippen molar-refractivity contribution in [3.05, 3.63) is 152 Å². The molecule has 0 spiro atoms. The molecule has 0 amide bonds. The molecule has 2 aromatic heterocycles. The highest BCUT2D eigenvalue weighted by Crippen LogP contribution is 2.41. The molecule has 308 valence electrons. The zero-order valence-electron chi connectivity index (χ0n) is 33.4. The zero-order chi connectivity index (χ0) is 43.9. The van der Waals surface area contributed by atoms with E-state index >= 15 is 0 Å². The number of anilines is 2. The van der Waals surface area contributed by atoms with Gasteiger partial charge in [0.2, 0.25) is 23.4 Å². The summed E-state index contributed by atoms with van der Waals surface area (Å²) in [4.78, 5) is 28.2. The maximum absolute atomic E-state index is 14.1. The van der Waals surface area contributed by atoms with Crippen molar-refractivity contribution in [1.29, 1.82) is 10.5 Å². The summed E-state index contributed by atoms with van der Waals surface area (Å²) in [5.74, 6) is 2.25. The summed E-state index contributed by atoms with van der Waals surface area (Å²) in [7, 11) is -4.07. The summed E-state index contributed by atoms with van der Waals surface area (Å²) in [6.07, 6.45) is 0. The molecular formula is C48H32N6O8S. The molecule has 2 aliphatic heterocycles. The predicted octanol–water partition coefficient (Wildman–Crippen LogP) is 7.44. The Hall–Kier alpha value is -8.53. The van der Waals surface area contributed by atoms with E-state index in [9.17, 15) is 28.5 Å². The highest BCUT2D eigenvalue weighted by atomic mass is 32.2. The Morgan fingerprint density at radius 2 is 0.921 bits per heavy atom. The van der Waals surface area contributed by atoms with E-state index in [1.165, 1.54) is 57.7 Å². The molecule has 0 saturated heterocycles. The number of hydrogen-bond acceptors (Lipinski definition) is 12. The SMILES string of the molecule is Cc1cc2cc(-c3ccc4c(c3)OCO4)c(C#N)c(N)c2c(=O)n1-c1ccc(S(=O)(=O)c2ccc(-n3c(C)cc4cc(-c5ccc6c(c5)OCO6)c(C#N)c(N)c4c3=O)cc2)cc1. The van der Waals surface area contributed by atoms with E-state index in [2.05, 4.69) is 12.1 Å². The fourth-order valence-electron chi connectivity index (χ4n) is 8.43. The molecule has 0 bridgehead atoms. The van der Waals surface area contributed by atoms with Crippen LogP contribution in [0.25, 0.3) is 55.2 Å². The molecule has 0 atom stereocenters. The fraction of sp³-hybridized carbons (Fsp3) is 0.0833. The summed E-state index contributed by atoms with van der Waals surface area (Å²) in [6.45, 7) is 3.68. The molecule has 4 N–H and O–H groups in total. The van der Waals surface area contributed by atoms with E-state index < -0.39 is 21.0 Å². The van der Waals surface area contributed by atoms with Crippen LogP contribution in [0.5, 0.6) is 23.0 Å². The Bertz CT molecular complexity index is 3410. The van der Waals surface area contributed by atoms with Crippen molar-refractivity contribution >= 4 is 42.8 Å². The van der Waals surface area contributed by atoms with Gasteiger partial charge in [0.15, 0.2) is 23.0 Å². The van der Waals surface area contributed by atoms with Gasteiger partial charge in [0.05, 0.1) is 43.1 Å². The van der Waals surface area contributed by atoms with Gasteiger partial charge in [-0.3, -0.25) is 18.7 Å². The number of fused-ring (bicyclic) bond motifs is 4. The van der Waals surface area contributed by atoms with Crippen LogP contribution in [0.1, 0.15) is 22.5 Å². The first-order chi connectivity index (χ1) is 30.4. The van der Waals surface area contributed by atoms with Crippen molar-refractivity contribution in [2.45, 2.75) is 23.6 Å². The Balaban J connectivity index is 0.963.